The van der Waals surface area contributed by atoms with Crippen molar-refractivity contribution in [2.75, 3.05) is 32.9 Å². The Balaban J connectivity index is 2.92. The summed E-state index contributed by atoms with van der Waals surface area (Å²) < 4.78 is 30.2. The van der Waals surface area contributed by atoms with Crippen molar-refractivity contribution >= 4 is 23.1 Å². The van der Waals surface area contributed by atoms with Crippen LogP contribution in [0.1, 0.15) is 12.8 Å². The highest BCUT2D eigenvalue weighted by molar-refractivity contribution is 7.80. The Hall–Kier alpha value is -0.860. The number of rotatable bonds is 6. The number of hydrogen-bond acceptors (Lipinski definition) is 4. The quantitative estimate of drug-likeness (QED) is 0.683. The fourth-order valence-electron chi connectivity index (χ4n) is 2.15. The Morgan fingerprint density at radius 3 is 2.47 bits per heavy atom. The van der Waals surface area contributed by atoms with Crippen molar-refractivity contribution in [1.29, 1.82) is 0 Å². The van der Waals surface area contributed by atoms with Gasteiger partial charge in [-0.3, -0.25) is 4.79 Å². The molecule has 1 aliphatic heterocycles. The predicted octanol–water partition coefficient (Wildman–Crippen LogP) is 0.155. The van der Waals surface area contributed by atoms with Crippen LogP contribution in [-0.4, -0.2) is 60.2 Å². The van der Waals surface area contributed by atoms with E-state index in [0.717, 1.165) is 4.90 Å². The van der Waals surface area contributed by atoms with E-state index in [9.17, 15) is 13.6 Å². The molecule has 0 unspecified atom stereocenters. The topological polar surface area (TPSA) is 75.8 Å². The van der Waals surface area contributed by atoms with Crippen LogP contribution in [0.4, 0.5) is 8.78 Å². The Labute approximate surface area is 115 Å². The first-order valence-electron chi connectivity index (χ1n) is 6.00. The number of ether oxygens (including phenoxy) is 1. The van der Waals surface area contributed by atoms with Crippen LogP contribution in [0.2, 0.25) is 0 Å². The number of thiocarbonyl (C=S) groups is 1. The fourth-order valence-corrected chi connectivity index (χ4v) is 2.44. The fraction of sp³-hybridized carbons (Fsp3) is 0.818. The second-order valence-corrected chi connectivity index (χ2v) is 4.86. The van der Waals surface area contributed by atoms with Crippen molar-refractivity contribution in [3.8, 4) is 0 Å². The Kier molecular flexibility index (Phi) is 6.02. The highest BCUT2D eigenvalue weighted by Crippen LogP contribution is 2.33. The van der Waals surface area contributed by atoms with Gasteiger partial charge in [0.2, 0.25) is 5.91 Å². The summed E-state index contributed by atoms with van der Waals surface area (Å²) in [5, 5.41) is 8.89. The third-order valence-electron chi connectivity index (χ3n) is 3.24. The molecule has 1 aliphatic rings. The van der Waals surface area contributed by atoms with Crippen molar-refractivity contribution in [1.82, 2.24) is 4.90 Å². The van der Waals surface area contributed by atoms with Gasteiger partial charge >= 0.3 is 0 Å². The Morgan fingerprint density at radius 2 is 2.05 bits per heavy atom. The zero-order chi connectivity index (χ0) is 14.5. The summed E-state index contributed by atoms with van der Waals surface area (Å²) in [5.74, 6) is -0.544. The Bertz CT molecular complexity index is 336. The monoisotopic (exact) mass is 296 g/mol. The molecule has 110 valence electrons. The highest BCUT2D eigenvalue weighted by Gasteiger charge is 2.45. The summed E-state index contributed by atoms with van der Waals surface area (Å²) in [7, 11) is 0. The zero-order valence-corrected chi connectivity index (χ0v) is 11.3. The molecule has 0 aromatic heterocycles. The average molecular weight is 296 g/mol. The Morgan fingerprint density at radius 1 is 1.47 bits per heavy atom. The minimum absolute atomic E-state index is 0.00185. The predicted molar refractivity (Wildman–Crippen MR) is 68.9 cm³/mol. The molecule has 19 heavy (non-hydrogen) atoms. The number of alkyl halides is 2. The van der Waals surface area contributed by atoms with Crippen LogP contribution in [0, 0.1) is 5.41 Å². The lowest BCUT2D eigenvalue weighted by Crippen LogP contribution is -2.54. The summed E-state index contributed by atoms with van der Waals surface area (Å²) in [4.78, 5) is 13.4. The third kappa shape index (κ3) is 3.80. The number of nitrogens with zero attached hydrogens (tertiary/aromatic N) is 1. The molecule has 0 bridgehead atoms. The van der Waals surface area contributed by atoms with E-state index in [1.807, 2.05) is 0 Å². The van der Waals surface area contributed by atoms with E-state index in [4.69, 9.17) is 27.8 Å². The van der Waals surface area contributed by atoms with E-state index < -0.39 is 24.3 Å². The summed E-state index contributed by atoms with van der Waals surface area (Å²) in [6, 6.07) is 0. The zero-order valence-electron chi connectivity index (χ0n) is 10.5. The minimum atomic E-state index is -2.67. The number of carbonyl (C=O) groups excluding carboxylic acids is 1. The first-order valence-corrected chi connectivity index (χ1v) is 6.41. The first-order chi connectivity index (χ1) is 8.94. The van der Waals surface area contributed by atoms with Crippen molar-refractivity contribution < 1.29 is 23.4 Å². The van der Waals surface area contributed by atoms with Gasteiger partial charge in [-0.25, -0.2) is 8.78 Å². The van der Waals surface area contributed by atoms with Gasteiger partial charge in [-0.15, -0.1) is 0 Å². The molecule has 0 aliphatic carbocycles. The summed E-state index contributed by atoms with van der Waals surface area (Å²) in [6.07, 6.45) is -2.10. The lowest BCUT2D eigenvalue weighted by Gasteiger charge is -2.38. The molecule has 0 atom stereocenters. The van der Waals surface area contributed by atoms with Crippen LogP contribution in [0.15, 0.2) is 0 Å². The van der Waals surface area contributed by atoms with Gasteiger partial charge in [-0.1, -0.05) is 12.2 Å². The van der Waals surface area contributed by atoms with Gasteiger partial charge in [-0.05, 0) is 12.8 Å². The number of nitrogens with two attached hydrogens (primary N) is 1. The number of aliphatic hydroxyl groups excluding tert-OH is 1. The number of carbonyl (C=O) groups is 1. The maximum atomic E-state index is 12.5. The molecule has 1 rings (SSSR count). The molecule has 0 radical (unpaired) electrons. The van der Waals surface area contributed by atoms with Crippen LogP contribution in [-0.2, 0) is 9.53 Å². The maximum Gasteiger partial charge on any atom is 0.255 e. The van der Waals surface area contributed by atoms with Gasteiger partial charge in [0.25, 0.3) is 6.43 Å². The maximum absolute atomic E-state index is 12.5. The van der Waals surface area contributed by atoms with E-state index in [1.165, 1.54) is 0 Å². The average Bonchev–Trinajstić information content (AvgIpc) is 2.37. The number of aliphatic hydroxyl groups is 1. The number of hydrogen-bond donors (Lipinski definition) is 2. The van der Waals surface area contributed by atoms with Gasteiger partial charge < -0.3 is 20.5 Å². The SMILES string of the molecule is NC(=S)C1(C(=O)N(CCO)CC(F)F)CCOCC1. The minimum Gasteiger partial charge on any atom is -0.395 e. The molecule has 8 heteroatoms. The molecule has 1 fully saturated rings. The second-order valence-electron chi connectivity index (χ2n) is 4.42. The molecular weight excluding hydrogens is 278 g/mol. The lowest BCUT2D eigenvalue weighted by molar-refractivity contribution is -0.144. The van der Waals surface area contributed by atoms with Crippen LogP contribution in [0.5, 0.6) is 0 Å². The van der Waals surface area contributed by atoms with E-state index >= 15 is 0 Å². The highest BCUT2D eigenvalue weighted by atomic mass is 32.1. The molecule has 3 N–H and O–H groups in total. The molecule has 1 amide bonds. The van der Waals surface area contributed by atoms with Crippen LogP contribution in [0.3, 0.4) is 0 Å². The van der Waals surface area contributed by atoms with Crippen LogP contribution < -0.4 is 5.73 Å². The normalized spacial score (nSPS) is 18.3. The lowest BCUT2D eigenvalue weighted by atomic mass is 9.78. The van der Waals surface area contributed by atoms with Gasteiger partial charge in [0.1, 0.15) is 5.41 Å². The summed E-state index contributed by atoms with van der Waals surface area (Å²) >= 11 is 4.95. The molecule has 5 nitrogen and oxygen atoms in total. The molecule has 0 spiro atoms. The largest absolute Gasteiger partial charge is 0.395 e. The van der Waals surface area contributed by atoms with Crippen molar-refractivity contribution in [3.05, 3.63) is 0 Å². The van der Waals surface area contributed by atoms with Crippen molar-refractivity contribution in [2.24, 2.45) is 11.1 Å². The van der Waals surface area contributed by atoms with Crippen LogP contribution >= 0.6 is 12.2 Å². The van der Waals surface area contributed by atoms with Gasteiger partial charge in [0, 0.05) is 19.8 Å². The van der Waals surface area contributed by atoms with Crippen LogP contribution in [0.25, 0.3) is 0 Å². The van der Waals surface area contributed by atoms with Crippen molar-refractivity contribution in [2.45, 2.75) is 19.3 Å². The second kappa shape index (κ2) is 7.06. The van der Waals surface area contributed by atoms with E-state index in [-0.39, 0.29) is 31.0 Å². The van der Waals surface area contributed by atoms with Gasteiger partial charge in [-0.2, -0.15) is 0 Å². The standard InChI is InChI=1S/C11H18F2N2O3S/c12-8(13)7-15(3-4-16)10(17)11(9(14)19)1-5-18-6-2-11/h8,16H,1-7H2,(H2,14,19). The van der Waals surface area contributed by atoms with E-state index in [2.05, 4.69) is 0 Å². The summed E-state index contributed by atoms with van der Waals surface area (Å²) in [6.45, 7) is -0.656. The van der Waals surface area contributed by atoms with Crippen molar-refractivity contribution in [3.63, 3.8) is 0 Å². The number of halogens is 2. The number of amides is 1. The molecule has 0 saturated carbocycles. The molecule has 1 saturated heterocycles. The van der Waals surface area contributed by atoms with Gasteiger partial charge in [0.05, 0.1) is 18.1 Å². The first kappa shape index (κ1) is 16.2. The van der Waals surface area contributed by atoms with E-state index in [0.29, 0.717) is 13.2 Å². The smallest absolute Gasteiger partial charge is 0.255 e. The molecule has 1 heterocycles. The molecule has 0 aromatic carbocycles. The molecule has 0 aromatic rings. The van der Waals surface area contributed by atoms with E-state index in [1.54, 1.807) is 0 Å². The molecular formula is C11H18F2N2O3S. The summed E-state index contributed by atoms with van der Waals surface area (Å²) in [5.41, 5.74) is 4.52. The van der Waals surface area contributed by atoms with Gasteiger partial charge in [0.15, 0.2) is 0 Å². The third-order valence-corrected chi connectivity index (χ3v) is 3.63.